The number of hydrogen-bond acceptors (Lipinski definition) is 3. The Hall–Kier alpha value is -2.24. The number of carboxylic acid groups (broad SMARTS) is 1. The molecule has 1 aromatic rings. The Balaban J connectivity index is 1.73. The summed E-state index contributed by atoms with van der Waals surface area (Å²) in [6.07, 6.45) is 2.66. The van der Waals surface area contributed by atoms with Crippen LogP contribution in [0.25, 0.3) is 0 Å². The average Bonchev–Trinajstić information content (AvgIpc) is 2.59. The second-order valence-electron chi connectivity index (χ2n) is 7.07. The molecular weight excluding hydrogens is 320 g/mol. The SMILES string of the molecule is CC(C)COc1cccc(CNC(=O)NC2CCC(C(=O)O)CC2)c1. The van der Waals surface area contributed by atoms with Gasteiger partial charge in [-0.25, -0.2) is 4.79 Å². The van der Waals surface area contributed by atoms with Crippen LogP contribution in [0.2, 0.25) is 0 Å². The van der Waals surface area contributed by atoms with Gasteiger partial charge in [0.05, 0.1) is 12.5 Å². The van der Waals surface area contributed by atoms with E-state index in [0.29, 0.717) is 44.8 Å². The lowest BCUT2D eigenvalue weighted by molar-refractivity contribution is -0.142. The van der Waals surface area contributed by atoms with Crippen LogP contribution in [0.5, 0.6) is 5.75 Å². The van der Waals surface area contributed by atoms with Crippen LogP contribution in [0.4, 0.5) is 4.79 Å². The topological polar surface area (TPSA) is 87.7 Å². The van der Waals surface area contributed by atoms with E-state index in [1.54, 1.807) is 0 Å². The largest absolute Gasteiger partial charge is 0.493 e. The van der Waals surface area contributed by atoms with Gasteiger partial charge < -0.3 is 20.5 Å². The summed E-state index contributed by atoms with van der Waals surface area (Å²) >= 11 is 0. The Morgan fingerprint density at radius 1 is 1.24 bits per heavy atom. The van der Waals surface area contributed by atoms with Gasteiger partial charge in [-0.15, -0.1) is 0 Å². The van der Waals surface area contributed by atoms with E-state index >= 15 is 0 Å². The lowest BCUT2D eigenvalue weighted by Gasteiger charge is -2.26. The Morgan fingerprint density at radius 2 is 1.96 bits per heavy atom. The number of ether oxygens (including phenoxy) is 1. The first-order valence-corrected chi connectivity index (χ1v) is 8.93. The zero-order chi connectivity index (χ0) is 18.2. The molecule has 1 aromatic carbocycles. The van der Waals surface area contributed by atoms with Crippen molar-refractivity contribution in [2.24, 2.45) is 11.8 Å². The standard InChI is InChI=1S/C19H28N2O4/c1-13(2)12-25-17-5-3-4-14(10-17)11-20-19(24)21-16-8-6-15(7-9-16)18(22)23/h3-5,10,13,15-16H,6-9,11-12H2,1-2H3,(H,22,23)(H2,20,21,24). The molecule has 0 spiro atoms. The van der Waals surface area contributed by atoms with Gasteiger partial charge in [-0.1, -0.05) is 26.0 Å². The zero-order valence-corrected chi connectivity index (χ0v) is 15.0. The van der Waals surface area contributed by atoms with Crippen molar-refractivity contribution in [1.29, 1.82) is 0 Å². The molecule has 2 amide bonds. The highest BCUT2D eigenvalue weighted by Gasteiger charge is 2.26. The van der Waals surface area contributed by atoms with Gasteiger partial charge in [0, 0.05) is 12.6 Å². The summed E-state index contributed by atoms with van der Waals surface area (Å²) in [5, 5.41) is 14.8. The number of carbonyl (C=O) groups excluding carboxylic acids is 1. The van der Waals surface area contributed by atoms with E-state index in [9.17, 15) is 9.59 Å². The monoisotopic (exact) mass is 348 g/mol. The van der Waals surface area contributed by atoms with Gasteiger partial charge >= 0.3 is 12.0 Å². The molecule has 0 aromatic heterocycles. The molecule has 0 atom stereocenters. The van der Waals surface area contributed by atoms with Crippen molar-refractivity contribution in [2.45, 2.75) is 52.1 Å². The van der Waals surface area contributed by atoms with Gasteiger partial charge in [-0.05, 0) is 49.3 Å². The highest BCUT2D eigenvalue weighted by molar-refractivity contribution is 5.74. The first-order chi connectivity index (χ1) is 11.9. The third kappa shape index (κ3) is 6.64. The third-order valence-electron chi connectivity index (χ3n) is 4.35. The maximum Gasteiger partial charge on any atom is 0.315 e. The first-order valence-electron chi connectivity index (χ1n) is 8.93. The predicted octanol–water partition coefficient (Wildman–Crippen LogP) is 3.16. The molecule has 3 N–H and O–H groups in total. The van der Waals surface area contributed by atoms with E-state index in [2.05, 4.69) is 24.5 Å². The third-order valence-corrected chi connectivity index (χ3v) is 4.35. The summed E-state index contributed by atoms with van der Waals surface area (Å²) in [6.45, 7) is 5.28. The van der Waals surface area contributed by atoms with E-state index in [1.807, 2.05) is 24.3 Å². The Labute approximate surface area is 149 Å². The maximum atomic E-state index is 12.0. The van der Waals surface area contributed by atoms with Crippen molar-refractivity contribution in [3.63, 3.8) is 0 Å². The van der Waals surface area contributed by atoms with Gasteiger partial charge in [-0.2, -0.15) is 0 Å². The summed E-state index contributed by atoms with van der Waals surface area (Å²) in [7, 11) is 0. The highest BCUT2D eigenvalue weighted by atomic mass is 16.5. The fourth-order valence-electron chi connectivity index (χ4n) is 2.91. The molecule has 1 saturated carbocycles. The number of amides is 2. The minimum absolute atomic E-state index is 0.0521. The smallest absolute Gasteiger partial charge is 0.315 e. The number of carboxylic acids is 1. The molecular formula is C19H28N2O4. The fraction of sp³-hybridized carbons (Fsp3) is 0.579. The van der Waals surface area contributed by atoms with E-state index in [1.165, 1.54) is 0 Å². The molecule has 0 aliphatic heterocycles. The Kier molecular flexibility index (Phi) is 7.10. The van der Waals surface area contributed by atoms with Crippen molar-refractivity contribution >= 4 is 12.0 Å². The summed E-state index contributed by atoms with van der Waals surface area (Å²) in [4.78, 5) is 23.0. The quantitative estimate of drug-likeness (QED) is 0.706. The molecule has 0 unspecified atom stereocenters. The molecule has 0 radical (unpaired) electrons. The van der Waals surface area contributed by atoms with Gasteiger partial charge in [-0.3, -0.25) is 4.79 Å². The summed E-state index contributed by atoms with van der Waals surface area (Å²) in [5.74, 6) is 0.265. The van der Waals surface area contributed by atoms with Crippen molar-refractivity contribution in [3.8, 4) is 5.75 Å². The lowest BCUT2D eigenvalue weighted by atomic mass is 9.86. The van der Waals surface area contributed by atoms with Gasteiger partial charge in [0.1, 0.15) is 5.75 Å². The van der Waals surface area contributed by atoms with Gasteiger partial charge in [0.2, 0.25) is 0 Å². The number of nitrogens with one attached hydrogen (secondary N) is 2. The second kappa shape index (κ2) is 9.30. The van der Waals surface area contributed by atoms with Crippen LogP contribution < -0.4 is 15.4 Å². The van der Waals surface area contributed by atoms with E-state index < -0.39 is 5.97 Å². The van der Waals surface area contributed by atoms with Crippen LogP contribution in [0, 0.1) is 11.8 Å². The fourth-order valence-corrected chi connectivity index (χ4v) is 2.91. The zero-order valence-electron chi connectivity index (χ0n) is 15.0. The maximum absolute atomic E-state index is 12.0. The molecule has 2 rings (SSSR count). The van der Waals surface area contributed by atoms with Gasteiger partial charge in [0.15, 0.2) is 0 Å². The molecule has 6 nitrogen and oxygen atoms in total. The summed E-state index contributed by atoms with van der Waals surface area (Å²) in [6, 6.07) is 7.54. The lowest BCUT2D eigenvalue weighted by Crippen LogP contribution is -2.43. The van der Waals surface area contributed by atoms with Gasteiger partial charge in [0.25, 0.3) is 0 Å². The molecule has 1 aliphatic carbocycles. The minimum atomic E-state index is -0.734. The van der Waals surface area contributed by atoms with Crippen LogP contribution in [0.3, 0.4) is 0 Å². The Bertz CT molecular complexity index is 581. The van der Waals surface area contributed by atoms with Crippen LogP contribution in [0.15, 0.2) is 24.3 Å². The molecule has 0 bridgehead atoms. The molecule has 6 heteroatoms. The molecule has 138 valence electrons. The van der Waals surface area contributed by atoms with Crippen molar-refractivity contribution in [3.05, 3.63) is 29.8 Å². The molecule has 25 heavy (non-hydrogen) atoms. The van der Waals surface area contributed by atoms with E-state index in [4.69, 9.17) is 9.84 Å². The number of hydrogen-bond donors (Lipinski definition) is 3. The van der Waals surface area contributed by atoms with Crippen LogP contribution in [-0.2, 0) is 11.3 Å². The van der Waals surface area contributed by atoms with Crippen molar-refractivity contribution < 1.29 is 19.4 Å². The number of aliphatic carboxylic acids is 1. The van der Waals surface area contributed by atoms with Crippen molar-refractivity contribution in [1.82, 2.24) is 10.6 Å². The summed E-state index contributed by atoms with van der Waals surface area (Å²) < 4.78 is 5.69. The predicted molar refractivity (Wildman–Crippen MR) is 95.5 cm³/mol. The van der Waals surface area contributed by atoms with Crippen LogP contribution in [0.1, 0.15) is 45.1 Å². The van der Waals surface area contributed by atoms with Crippen LogP contribution >= 0.6 is 0 Å². The van der Waals surface area contributed by atoms with Crippen LogP contribution in [-0.4, -0.2) is 29.8 Å². The minimum Gasteiger partial charge on any atom is -0.493 e. The van der Waals surface area contributed by atoms with E-state index in [-0.39, 0.29) is 18.0 Å². The number of benzene rings is 1. The van der Waals surface area contributed by atoms with E-state index in [0.717, 1.165) is 11.3 Å². The molecule has 0 heterocycles. The first kappa shape index (κ1) is 19.1. The molecule has 1 fully saturated rings. The highest BCUT2D eigenvalue weighted by Crippen LogP contribution is 2.24. The number of rotatable bonds is 7. The molecule has 1 aliphatic rings. The second-order valence-corrected chi connectivity index (χ2v) is 7.07. The molecule has 0 saturated heterocycles. The van der Waals surface area contributed by atoms with Crippen molar-refractivity contribution in [2.75, 3.05) is 6.61 Å². The normalized spacial score (nSPS) is 20.1. The Morgan fingerprint density at radius 3 is 2.60 bits per heavy atom. The summed E-state index contributed by atoms with van der Waals surface area (Å²) in [5.41, 5.74) is 0.978. The number of carbonyl (C=O) groups is 2. The number of urea groups is 1. The average molecular weight is 348 g/mol.